The lowest BCUT2D eigenvalue weighted by molar-refractivity contribution is -0.137. The maximum absolute atomic E-state index is 14.8. The topological polar surface area (TPSA) is 129 Å². The van der Waals surface area contributed by atoms with Gasteiger partial charge < -0.3 is 9.13 Å². The Morgan fingerprint density at radius 3 is 1.23 bits per heavy atom. The Labute approximate surface area is 363 Å². The standard InChI is InChI=1S/C54H26F3N7/c55-54(56,57)47-10-4-1-7-41(47)44-26-53(64-49-12-6-3-9-43(49)46-24-37(14-16-51(46)64)39-21-34(29-60)18-35(22-39)30-61)52(25-40(44)31-62)63-48-11-5-2-8-42(48)45-23-36(13-15-50(45)63)38-19-32(27-58)17-33(20-38)28-59/h1-26H. The van der Waals surface area contributed by atoms with Gasteiger partial charge in [0.25, 0.3) is 0 Å². The van der Waals surface area contributed by atoms with Crippen molar-refractivity contribution in [3.05, 3.63) is 191 Å². The summed E-state index contributed by atoms with van der Waals surface area (Å²) in [6.07, 6.45) is -4.72. The van der Waals surface area contributed by atoms with E-state index in [1.54, 1.807) is 36.4 Å². The van der Waals surface area contributed by atoms with Crippen molar-refractivity contribution in [2.75, 3.05) is 0 Å². The molecule has 0 fully saturated rings. The molecule has 0 spiro atoms. The van der Waals surface area contributed by atoms with Gasteiger partial charge in [-0.15, -0.1) is 0 Å². The minimum Gasteiger partial charge on any atom is -0.307 e. The van der Waals surface area contributed by atoms with Crippen LogP contribution in [-0.2, 0) is 6.18 Å². The molecule has 2 aromatic heterocycles. The summed E-state index contributed by atoms with van der Waals surface area (Å²) < 4.78 is 48.3. The third-order valence-electron chi connectivity index (χ3n) is 11.6. The molecular formula is C54H26F3N7. The summed E-state index contributed by atoms with van der Waals surface area (Å²) in [4.78, 5) is 0. The normalized spacial score (nSPS) is 11.3. The van der Waals surface area contributed by atoms with Gasteiger partial charge in [-0.3, -0.25) is 0 Å². The van der Waals surface area contributed by atoms with Crippen LogP contribution in [0.25, 0.3) is 88.4 Å². The van der Waals surface area contributed by atoms with Crippen molar-refractivity contribution in [3.63, 3.8) is 0 Å². The van der Waals surface area contributed by atoms with E-state index in [-0.39, 0.29) is 16.7 Å². The molecule has 0 saturated carbocycles. The zero-order valence-corrected chi connectivity index (χ0v) is 33.3. The van der Waals surface area contributed by atoms with Crippen molar-refractivity contribution in [2.24, 2.45) is 0 Å². The molecule has 0 atom stereocenters. The summed E-state index contributed by atoms with van der Waals surface area (Å²) in [5.74, 6) is 0. The fraction of sp³-hybridized carbons (Fsp3) is 0.0185. The molecule has 7 nitrogen and oxygen atoms in total. The first-order valence-electron chi connectivity index (χ1n) is 19.9. The Balaban J connectivity index is 1.31. The van der Waals surface area contributed by atoms with Crippen LogP contribution in [0.4, 0.5) is 13.2 Å². The molecule has 10 aromatic rings. The number of hydrogen-bond donors (Lipinski definition) is 0. The smallest absolute Gasteiger partial charge is 0.307 e. The molecule has 0 N–H and O–H groups in total. The molecule has 298 valence electrons. The van der Waals surface area contributed by atoms with Gasteiger partial charge in [-0.1, -0.05) is 66.7 Å². The predicted molar refractivity (Wildman–Crippen MR) is 240 cm³/mol. The molecule has 2 heterocycles. The molecule has 10 heteroatoms. The number of nitrogens with zero attached hydrogens (tertiary/aromatic N) is 7. The molecule has 0 radical (unpaired) electrons. The summed E-state index contributed by atoms with van der Waals surface area (Å²) in [5, 5.41) is 53.1. The van der Waals surface area contributed by atoms with E-state index >= 15 is 0 Å². The molecular weight excluding hydrogens is 804 g/mol. The van der Waals surface area contributed by atoms with Crippen molar-refractivity contribution < 1.29 is 13.2 Å². The number of hydrogen-bond acceptors (Lipinski definition) is 5. The second-order valence-corrected chi connectivity index (χ2v) is 15.3. The monoisotopic (exact) mass is 829 g/mol. The van der Waals surface area contributed by atoms with Crippen LogP contribution in [0.1, 0.15) is 33.4 Å². The van der Waals surface area contributed by atoms with E-state index in [0.29, 0.717) is 44.8 Å². The van der Waals surface area contributed by atoms with Gasteiger partial charge in [0, 0.05) is 27.1 Å². The van der Waals surface area contributed by atoms with E-state index in [1.165, 1.54) is 30.3 Å². The minimum absolute atomic E-state index is 0.0316. The lowest BCUT2D eigenvalue weighted by Gasteiger charge is -2.21. The minimum atomic E-state index is -4.72. The van der Waals surface area contributed by atoms with E-state index in [2.05, 4.69) is 30.3 Å². The predicted octanol–water partition coefficient (Wildman–Crippen LogP) is 13.3. The van der Waals surface area contributed by atoms with Crippen molar-refractivity contribution in [3.8, 4) is 75.1 Å². The first kappa shape index (κ1) is 38.8. The van der Waals surface area contributed by atoms with Gasteiger partial charge in [0.05, 0.1) is 97.2 Å². The zero-order valence-electron chi connectivity index (χ0n) is 33.3. The number of halogens is 3. The number of nitriles is 5. The maximum atomic E-state index is 14.8. The molecule has 0 unspecified atom stereocenters. The summed E-state index contributed by atoms with van der Waals surface area (Å²) in [7, 11) is 0. The van der Waals surface area contributed by atoms with Gasteiger partial charge in [-0.2, -0.15) is 39.5 Å². The molecule has 0 saturated heterocycles. The van der Waals surface area contributed by atoms with Crippen molar-refractivity contribution in [2.45, 2.75) is 6.18 Å². The third kappa shape index (κ3) is 6.26. The fourth-order valence-electron chi connectivity index (χ4n) is 8.89. The number of aromatic nitrogens is 2. The van der Waals surface area contributed by atoms with Crippen molar-refractivity contribution in [1.82, 2.24) is 9.13 Å². The molecule has 0 aliphatic heterocycles. The summed E-state index contributed by atoms with van der Waals surface area (Å²) >= 11 is 0. The number of fused-ring (bicyclic) bond motifs is 6. The van der Waals surface area contributed by atoms with Crippen LogP contribution in [0.5, 0.6) is 0 Å². The average Bonchev–Trinajstić information content (AvgIpc) is 3.84. The fourth-order valence-corrected chi connectivity index (χ4v) is 8.89. The Bertz CT molecular complexity index is 3790. The molecule has 8 aromatic carbocycles. The molecule has 0 amide bonds. The van der Waals surface area contributed by atoms with Gasteiger partial charge in [0.1, 0.15) is 0 Å². The number of alkyl halides is 3. The Hall–Kier alpha value is -9.40. The van der Waals surface area contributed by atoms with Gasteiger partial charge in [0.2, 0.25) is 0 Å². The number of benzene rings is 8. The Morgan fingerprint density at radius 2 is 0.781 bits per heavy atom. The highest BCUT2D eigenvalue weighted by Crippen LogP contribution is 2.44. The molecule has 10 rings (SSSR count). The quantitative estimate of drug-likeness (QED) is 0.171. The lowest BCUT2D eigenvalue weighted by Crippen LogP contribution is -2.09. The summed E-state index contributed by atoms with van der Waals surface area (Å²) in [5.41, 5.74) is 7.34. The SMILES string of the molecule is N#Cc1cc(C#N)cc(-c2ccc3c(c2)c2ccccc2n3-c2cc(C#N)c(-c3ccccc3C(F)(F)F)cc2-n2c3ccccc3c3cc(-c4cc(C#N)cc(C#N)c4)ccc32)c1. The molecule has 0 bridgehead atoms. The van der Waals surface area contributed by atoms with E-state index in [9.17, 15) is 39.5 Å². The molecule has 0 aliphatic rings. The van der Waals surface area contributed by atoms with Gasteiger partial charge in [0.15, 0.2) is 0 Å². The van der Waals surface area contributed by atoms with Crippen LogP contribution in [0.2, 0.25) is 0 Å². The first-order chi connectivity index (χ1) is 31.1. The van der Waals surface area contributed by atoms with E-state index < -0.39 is 11.7 Å². The average molecular weight is 830 g/mol. The first-order valence-corrected chi connectivity index (χ1v) is 19.9. The van der Waals surface area contributed by atoms with Crippen LogP contribution in [0, 0.1) is 56.7 Å². The van der Waals surface area contributed by atoms with E-state index in [0.717, 1.165) is 60.8 Å². The highest BCUT2D eigenvalue weighted by Gasteiger charge is 2.34. The van der Waals surface area contributed by atoms with Crippen LogP contribution >= 0.6 is 0 Å². The van der Waals surface area contributed by atoms with Crippen molar-refractivity contribution >= 4 is 43.6 Å². The number of rotatable bonds is 5. The summed E-state index contributed by atoms with van der Waals surface area (Å²) in [6.45, 7) is 0. The second-order valence-electron chi connectivity index (χ2n) is 15.3. The van der Waals surface area contributed by atoms with Gasteiger partial charge in [-0.05, 0) is 119 Å². The third-order valence-corrected chi connectivity index (χ3v) is 11.6. The van der Waals surface area contributed by atoms with Crippen LogP contribution < -0.4 is 0 Å². The second kappa shape index (κ2) is 14.9. The highest BCUT2D eigenvalue weighted by atomic mass is 19.4. The van der Waals surface area contributed by atoms with Crippen LogP contribution in [0.3, 0.4) is 0 Å². The maximum Gasteiger partial charge on any atom is 0.417 e. The number of para-hydroxylation sites is 2. The van der Waals surface area contributed by atoms with Crippen LogP contribution in [-0.4, -0.2) is 9.13 Å². The van der Waals surface area contributed by atoms with Crippen molar-refractivity contribution in [1.29, 1.82) is 26.3 Å². The van der Waals surface area contributed by atoms with Gasteiger partial charge >= 0.3 is 6.18 Å². The molecule has 64 heavy (non-hydrogen) atoms. The zero-order chi connectivity index (χ0) is 44.3. The van der Waals surface area contributed by atoms with Crippen LogP contribution in [0.15, 0.2) is 158 Å². The highest BCUT2D eigenvalue weighted by molar-refractivity contribution is 6.13. The Kier molecular flexibility index (Phi) is 9.06. The largest absolute Gasteiger partial charge is 0.417 e. The molecule has 0 aliphatic carbocycles. The van der Waals surface area contributed by atoms with Gasteiger partial charge in [-0.25, -0.2) is 0 Å². The van der Waals surface area contributed by atoms with E-state index in [4.69, 9.17) is 0 Å². The van der Waals surface area contributed by atoms with E-state index in [1.807, 2.05) is 94.1 Å². The Morgan fingerprint density at radius 1 is 0.359 bits per heavy atom. The lowest BCUT2D eigenvalue weighted by atomic mass is 9.94. The summed E-state index contributed by atoms with van der Waals surface area (Å²) in [6, 6.07) is 56.4.